The van der Waals surface area contributed by atoms with Crippen LogP contribution in [0.25, 0.3) is 11.3 Å². The SMILES string of the molecule is CCc1nc(Nc2nccc(-c3ccc(S(=O)(=O)N4CCN(C)CC4)cc3)n2)nc(N2CCN(C)CC2)n1. The maximum atomic E-state index is 13.1. The highest BCUT2D eigenvalue weighted by Gasteiger charge is 2.27. The highest BCUT2D eigenvalue weighted by molar-refractivity contribution is 7.89. The molecular formula is C25H34N10O2S. The maximum Gasteiger partial charge on any atom is 0.243 e. The Bertz CT molecular complexity index is 1350. The summed E-state index contributed by atoms with van der Waals surface area (Å²) in [6.07, 6.45) is 2.34. The first kappa shape index (κ1) is 26.4. The molecule has 12 nitrogen and oxygen atoms in total. The predicted molar refractivity (Wildman–Crippen MR) is 146 cm³/mol. The van der Waals surface area contributed by atoms with Gasteiger partial charge in [-0.2, -0.15) is 19.3 Å². The lowest BCUT2D eigenvalue weighted by Crippen LogP contribution is -2.46. The van der Waals surface area contributed by atoms with Gasteiger partial charge in [-0.25, -0.2) is 18.4 Å². The first-order valence-electron chi connectivity index (χ1n) is 12.9. The molecular weight excluding hydrogens is 504 g/mol. The molecule has 0 bridgehead atoms. The van der Waals surface area contributed by atoms with Gasteiger partial charge in [-0.05, 0) is 32.3 Å². The normalized spacial score (nSPS) is 18.0. The van der Waals surface area contributed by atoms with E-state index in [0.717, 1.165) is 44.8 Å². The molecule has 0 radical (unpaired) electrons. The van der Waals surface area contributed by atoms with Crippen molar-refractivity contribution in [2.45, 2.75) is 18.2 Å². The fraction of sp³-hybridized carbons (Fsp3) is 0.480. The lowest BCUT2D eigenvalue weighted by atomic mass is 10.1. The second kappa shape index (κ2) is 11.2. The number of aromatic nitrogens is 5. The van der Waals surface area contributed by atoms with E-state index in [0.29, 0.717) is 48.9 Å². The zero-order chi connectivity index (χ0) is 26.7. The number of hydrogen-bond acceptors (Lipinski definition) is 11. The van der Waals surface area contributed by atoms with Crippen LogP contribution in [0, 0.1) is 0 Å². The molecule has 0 unspecified atom stereocenters. The van der Waals surface area contributed by atoms with Crippen LogP contribution in [-0.4, -0.2) is 114 Å². The average Bonchev–Trinajstić information content (AvgIpc) is 2.94. The fourth-order valence-corrected chi connectivity index (χ4v) is 5.85. The van der Waals surface area contributed by atoms with Crippen molar-refractivity contribution in [3.8, 4) is 11.3 Å². The van der Waals surface area contributed by atoms with Crippen molar-refractivity contribution in [3.63, 3.8) is 0 Å². The minimum Gasteiger partial charge on any atom is -0.338 e. The minimum atomic E-state index is -3.52. The molecule has 1 aromatic carbocycles. The van der Waals surface area contributed by atoms with Gasteiger partial charge in [0.05, 0.1) is 10.6 Å². The van der Waals surface area contributed by atoms with E-state index >= 15 is 0 Å². The Morgan fingerprint density at radius 3 is 2.11 bits per heavy atom. The molecule has 3 aromatic rings. The van der Waals surface area contributed by atoms with E-state index in [1.807, 2.05) is 14.0 Å². The quantitative estimate of drug-likeness (QED) is 0.468. The second-order valence-electron chi connectivity index (χ2n) is 9.64. The van der Waals surface area contributed by atoms with Gasteiger partial charge in [0.25, 0.3) is 0 Å². The number of piperazine rings is 2. The molecule has 2 saturated heterocycles. The molecule has 0 aliphatic carbocycles. The smallest absolute Gasteiger partial charge is 0.243 e. The Morgan fingerprint density at radius 1 is 0.789 bits per heavy atom. The van der Waals surface area contributed by atoms with Crippen molar-refractivity contribution >= 4 is 27.9 Å². The topological polar surface area (TPSA) is 124 Å². The highest BCUT2D eigenvalue weighted by Crippen LogP contribution is 2.24. The van der Waals surface area contributed by atoms with Gasteiger partial charge in [-0.3, -0.25) is 5.32 Å². The highest BCUT2D eigenvalue weighted by atomic mass is 32.2. The van der Waals surface area contributed by atoms with Crippen molar-refractivity contribution in [2.75, 3.05) is 76.7 Å². The summed E-state index contributed by atoms with van der Waals surface area (Å²) in [5, 5.41) is 3.13. The molecule has 0 spiro atoms. The van der Waals surface area contributed by atoms with E-state index in [1.165, 1.54) is 0 Å². The lowest BCUT2D eigenvalue weighted by Gasteiger charge is -2.32. The summed E-state index contributed by atoms with van der Waals surface area (Å²) in [7, 11) is 0.586. The van der Waals surface area contributed by atoms with Crippen LogP contribution >= 0.6 is 0 Å². The van der Waals surface area contributed by atoms with Crippen molar-refractivity contribution < 1.29 is 8.42 Å². The number of nitrogens with one attached hydrogen (secondary N) is 1. The Morgan fingerprint density at radius 2 is 1.45 bits per heavy atom. The number of nitrogens with zero attached hydrogens (tertiary/aromatic N) is 9. The van der Waals surface area contributed by atoms with Gasteiger partial charge < -0.3 is 14.7 Å². The molecule has 38 heavy (non-hydrogen) atoms. The Kier molecular flexibility index (Phi) is 7.79. The van der Waals surface area contributed by atoms with Crippen LogP contribution in [0.4, 0.5) is 17.8 Å². The fourth-order valence-electron chi connectivity index (χ4n) is 4.42. The van der Waals surface area contributed by atoms with Crippen LogP contribution in [0.15, 0.2) is 41.4 Å². The molecule has 0 saturated carbocycles. The molecule has 0 atom stereocenters. The summed E-state index contributed by atoms with van der Waals surface area (Å²) in [5.74, 6) is 2.11. The number of benzene rings is 1. The molecule has 1 N–H and O–H groups in total. The third-order valence-corrected chi connectivity index (χ3v) is 8.81. The first-order chi connectivity index (χ1) is 18.3. The number of anilines is 3. The monoisotopic (exact) mass is 538 g/mol. The zero-order valence-corrected chi connectivity index (χ0v) is 22.9. The molecule has 2 aromatic heterocycles. The van der Waals surface area contributed by atoms with Gasteiger partial charge in [0, 0.05) is 70.5 Å². The van der Waals surface area contributed by atoms with Crippen LogP contribution in [0.5, 0.6) is 0 Å². The van der Waals surface area contributed by atoms with E-state index in [1.54, 1.807) is 40.8 Å². The van der Waals surface area contributed by atoms with E-state index < -0.39 is 10.0 Å². The van der Waals surface area contributed by atoms with E-state index in [-0.39, 0.29) is 4.90 Å². The van der Waals surface area contributed by atoms with Crippen molar-refractivity contribution in [3.05, 3.63) is 42.4 Å². The molecule has 13 heteroatoms. The number of likely N-dealkylation sites (N-methyl/N-ethyl adjacent to an activating group) is 2. The summed E-state index contributed by atoms with van der Waals surface area (Å²) in [6, 6.07) is 8.62. The van der Waals surface area contributed by atoms with Gasteiger partial charge in [0.1, 0.15) is 5.82 Å². The summed E-state index contributed by atoms with van der Waals surface area (Å²) in [4.78, 5) is 29.6. The summed E-state index contributed by atoms with van der Waals surface area (Å²) < 4.78 is 27.7. The van der Waals surface area contributed by atoms with Crippen LogP contribution in [0.1, 0.15) is 12.7 Å². The third-order valence-electron chi connectivity index (χ3n) is 6.90. The summed E-state index contributed by atoms with van der Waals surface area (Å²) >= 11 is 0. The minimum absolute atomic E-state index is 0.284. The van der Waals surface area contributed by atoms with Gasteiger partial charge in [0.2, 0.25) is 27.9 Å². The van der Waals surface area contributed by atoms with Crippen molar-refractivity contribution in [1.29, 1.82) is 0 Å². The number of sulfonamides is 1. The van der Waals surface area contributed by atoms with Gasteiger partial charge in [-0.1, -0.05) is 19.1 Å². The number of hydrogen-bond donors (Lipinski definition) is 1. The van der Waals surface area contributed by atoms with E-state index in [4.69, 9.17) is 0 Å². The summed E-state index contributed by atoms with van der Waals surface area (Å²) in [6.45, 7) is 8.08. The molecule has 202 valence electrons. The van der Waals surface area contributed by atoms with Crippen molar-refractivity contribution in [1.82, 2.24) is 39.0 Å². The van der Waals surface area contributed by atoms with Crippen LogP contribution in [0.2, 0.25) is 0 Å². The van der Waals surface area contributed by atoms with E-state index in [9.17, 15) is 8.42 Å². The van der Waals surface area contributed by atoms with Gasteiger partial charge in [0.15, 0.2) is 0 Å². The lowest BCUT2D eigenvalue weighted by molar-refractivity contribution is 0.222. The molecule has 2 fully saturated rings. The third kappa shape index (κ3) is 5.90. The van der Waals surface area contributed by atoms with Gasteiger partial charge >= 0.3 is 0 Å². The molecule has 2 aliphatic heterocycles. The Balaban J connectivity index is 1.33. The van der Waals surface area contributed by atoms with Crippen LogP contribution in [0.3, 0.4) is 0 Å². The molecule has 2 aliphatic rings. The number of rotatable bonds is 7. The molecule has 0 amide bonds. The zero-order valence-electron chi connectivity index (χ0n) is 22.1. The number of aryl methyl sites for hydroxylation is 1. The average molecular weight is 539 g/mol. The second-order valence-corrected chi connectivity index (χ2v) is 11.6. The first-order valence-corrected chi connectivity index (χ1v) is 14.3. The Hall–Kier alpha value is -3.26. The predicted octanol–water partition coefficient (Wildman–Crippen LogP) is 1.32. The van der Waals surface area contributed by atoms with Gasteiger partial charge in [-0.15, -0.1) is 0 Å². The Labute approximate surface area is 223 Å². The van der Waals surface area contributed by atoms with Crippen LogP contribution < -0.4 is 10.2 Å². The molecule has 5 rings (SSSR count). The van der Waals surface area contributed by atoms with Crippen molar-refractivity contribution in [2.24, 2.45) is 0 Å². The standard InChI is InChI=1S/C25H34N10O2S/c1-4-22-28-24(31-25(29-22)34-15-11-32(2)12-16-34)30-23-26-10-9-21(27-23)19-5-7-20(8-6-19)38(36,37)35-17-13-33(3)14-18-35/h5-10H,4,11-18H2,1-3H3,(H,26,27,28,29,30,31). The maximum absolute atomic E-state index is 13.1. The van der Waals surface area contributed by atoms with E-state index in [2.05, 4.69) is 52.0 Å². The largest absolute Gasteiger partial charge is 0.338 e. The molecule has 4 heterocycles. The van der Waals surface area contributed by atoms with Crippen LogP contribution in [-0.2, 0) is 16.4 Å². The summed E-state index contributed by atoms with van der Waals surface area (Å²) in [5.41, 5.74) is 1.45.